The van der Waals surface area contributed by atoms with Crippen molar-refractivity contribution >= 4 is 17.8 Å². The largest absolute Gasteiger partial charge is 0.481 e. The predicted molar refractivity (Wildman–Crippen MR) is 67.3 cm³/mol. The second kappa shape index (κ2) is 6.04. The molecule has 2 rings (SSSR count). The minimum Gasteiger partial charge on any atom is -0.481 e. The van der Waals surface area contributed by atoms with Gasteiger partial charge in [0.2, 0.25) is 11.8 Å². The molecule has 6 nitrogen and oxygen atoms in total. The first-order valence-electron chi connectivity index (χ1n) is 6.90. The van der Waals surface area contributed by atoms with Crippen molar-refractivity contribution in [2.24, 2.45) is 11.8 Å². The molecule has 6 heteroatoms. The van der Waals surface area contributed by atoms with Crippen LogP contribution in [-0.2, 0) is 14.4 Å². The Morgan fingerprint density at radius 1 is 1.11 bits per heavy atom. The number of carbonyl (C=O) groups excluding carboxylic acids is 2. The van der Waals surface area contributed by atoms with E-state index in [0.717, 1.165) is 19.3 Å². The minimum absolute atomic E-state index is 0.157. The van der Waals surface area contributed by atoms with E-state index >= 15 is 0 Å². The van der Waals surface area contributed by atoms with Gasteiger partial charge < -0.3 is 15.7 Å². The maximum Gasteiger partial charge on any atom is 0.307 e. The zero-order valence-electron chi connectivity index (χ0n) is 10.9. The summed E-state index contributed by atoms with van der Waals surface area (Å²) >= 11 is 0. The summed E-state index contributed by atoms with van der Waals surface area (Å²) < 4.78 is 0. The first kappa shape index (κ1) is 13.8. The summed E-state index contributed by atoms with van der Waals surface area (Å²) in [5, 5.41) is 14.6. The van der Waals surface area contributed by atoms with Crippen LogP contribution in [0.15, 0.2) is 0 Å². The molecular weight excluding hydrogens is 248 g/mol. The van der Waals surface area contributed by atoms with Crippen LogP contribution >= 0.6 is 0 Å². The Labute approximate surface area is 111 Å². The third kappa shape index (κ3) is 3.24. The van der Waals surface area contributed by atoms with Crippen molar-refractivity contribution < 1.29 is 19.5 Å². The van der Waals surface area contributed by atoms with Crippen molar-refractivity contribution in [3.8, 4) is 0 Å². The fourth-order valence-corrected chi connectivity index (χ4v) is 2.93. The molecule has 1 aliphatic heterocycles. The number of hydrogen-bond acceptors (Lipinski definition) is 3. The molecule has 3 unspecified atom stereocenters. The second-order valence-corrected chi connectivity index (χ2v) is 5.33. The van der Waals surface area contributed by atoms with E-state index in [1.807, 2.05) is 0 Å². The van der Waals surface area contributed by atoms with Gasteiger partial charge in [-0.2, -0.15) is 0 Å². The molecule has 0 radical (unpaired) electrons. The van der Waals surface area contributed by atoms with Crippen LogP contribution in [0.1, 0.15) is 38.5 Å². The van der Waals surface area contributed by atoms with Crippen LogP contribution in [0, 0.1) is 11.8 Å². The third-order valence-electron chi connectivity index (χ3n) is 4.02. The molecular formula is C13H20N2O4. The average Bonchev–Trinajstić information content (AvgIpc) is 2.78. The van der Waals surface area contributed by atoms with Crippen molar-refractivity contribution in [1.82, 2.24) is 10.6 Å². The molecule has 0 spiro atoms. The molecule has 0 aromatic carbocycles. The monoisotopic (exact) mass is 268 g/mol. The van der Waals surface area contributed by atoms with E-state index in [-0.39, 0.29) is 11.8 Å². The van der Waals surface area contributed by atoms with Crippen LogP contribution < -0.4 is 10.6 Å². The first-order chi connectivity index (χ1) is 9.09. The molecule has 3 N–H and O–H groups in total. The molecule has 0 bridgehead atoms. The smallest absolute Gasteiger partial charge is 0.307 e. The number of hydrogen-bond donors (Lipinski definition) is 3. The van der Waals surface area contributed by atoms with Crippen LogP contribution in [0.25, 0.3) is 0 Å². The number of aliphatic carboxylic acids is 1. The number of rotatable bonds is 3. The van der Waals surface area contributed by atoms with Crippen molar-refractivity contribution in [3.63, 3.8) is 0 Å². The number of carboxylic acid groups (broad SMARTS) is 1. The zero-order valence-corrected chi connectivity index (χ0v) is 10.9. The number of carbonyl (C=O) groups is 3. The Bertz CT molecular complexity index is 383. The minimum atomic E-state index is -0.914. The molecule has 106 valence electrons. The molecule has 2 fully saturated rings. The van der Waals surface area contributed by atoms with E-state index in [1.165, 1.54) is 0 Å². The van der Waals surface area contributed by atoms with Crippen LogP contribution in [0.2, 0.25) is 0 Å². The van der Waals surface area contributed by atoms with Gasteiger partial charge in [0.05, 0.1) is 11.8 Å². The summed E-state index contributed by atoms with van der Waals surface area (Å²) in [5.74, 6) is -2.45. The van der Waals surface area contributed by atoms with Crippen molar-refractivity contribution in [3.05, 3.63) is 0 Å². The normalized spacial score (nSPS) is 31.4. The molecule has 0 aromatic rings. The predicted octanol–water partition coefficient (Wildman–Crippen LogP) is 0.272. The Morgan fingerprint density at radius 2 is 1.84 bits per heavy atom. The Balaban J connectivity index is 1.96. The molecule has 1 saturated heterocycles. The summed E-state index contributed by atoms with van der Waals surface area (Å²) in [6.45, 7) is 0.645. The summed E-state index contributed by atoms with van der Waals surface area (Å²) in [6.07, 6.45) is 4.32. The van der Waals surface area contributed by atoms with Crippen LogP contribution in [-0.4, -0.2) is 35.5 Å². The number of carboxylic acids is 1. The fraction of sp³-hybridized carbons (Fsp3) is 0.769. The van der Waals surface area contributed by atoms with Crippen LogP contribution in [0.5, 0.6) is 0 Å². The summed E-state index contributed by atoms with van der Waals surface area (Å²) in [5.41, 5.74) is 0. The highest BCUT2D eigenvalue weighted by atomic mass is 16.4. The van der Waals surface area contributed by atoms with E-state index in [2.05, 4.69) is 10.6 Å². The Morgan fingerprint density at radius 3 is 2.58 bits per heavy atom. The molecule has 0 aromatic heterocycles. The Kier molecular flexibility index (Phi) is 4.39. The van der Waals surface area contributed by atoms with Crippen molar-refractivity contribution in [1.29, 1.82) is 0 Å². The van der Waals surface area contributed by atoms with Gasteiger partial charge in [0.15, 0.2) is 0 Å². The first-order valence-corrected chi connectivity index (χ1v) is 6.90. The standard InChI is InChI=1S/C13H20N2O4/c16-11(8-4-3-5-9(8)13(18)19)15-10-6-1-2-7-14-12(10)17/h8-10H,1-7H2,(H,14,17)(H,15,16)(H,18,19). The van der Waals surface area contributed by atoms with Gasteiger partial charge in [0, 0.05) is 6.54 Å². The van der Waals surface area contributed by atoms with Gasteiger partial charge in [-0.1, -0.05) is 6.42 Å². The average molecular weight is 268 g/mol. The lowest BCUT2D eigenvalue weighted by molar-refractivity contribution is -0.146. The van der Waals surface area contributed by atoms with Gasteiger partial charge in [-0.15, -0.1) is 0 Å². The highest BCUT2D eigenvalue weighted by Gasteiger charge is 2.38. The van der Waals surface area contributed by atoms with Gasteiger partial charge in [0.1, 0.15) is 6.04 Å². The van der Waals surface area contributed by atoms with Gasteiger partial charge in [-0.25, -0.2) is 0 Å². The topological polar surface area (TPSA) is 95.5 Å². The van der Waals surface area contributed by atoms with E-state index in [9.17, 15) is 14.4 Å². The van der Waals surface area contributed by atoms with Gasteiger partial charge in [-0.05, 0) is 32.1 Å². The maximum atomic E-state index is 12.1. The number of amides is 2. The molecule has 19 heavy (non-hydrogen) atoms. The van der Waals surface area contributed by atoms with Gasteiger partial charge in [-0.3, -0.25) is 14.4 Å². The molecule has 3 atom stereocenters. The van der Waals surface area contributed by atoms with Crippen molar-refractivity contribution in [2.45, 2.75) is 44.6 Å². The van der Waals surface area contributed by atoms with E-state index in [4.69, 9.17) is 5.11 Å². The molecule has 1 aliphatic carbocycles. The number of nitrogens with one attached hydrogen (secondary N) is 2. The summed E-state index contributed by atoms with van der Waals surface area (Å²) in [6, 6.07) is -0.509. The summed E-state index contributed by atoms with van der Waals surface area (Å²) in [4.78, 5) is 34.9. The Hall–Kier alpha value is -1.59. The lowest BCUT2D eigenvalue weighted by Gasteiger charge is -2.20. The highest BCUT2D eigenvalue weighted by molar-refractivity contribution is 5.90. The molecule has 1 saturated carbocycles. The third-order valence-corrected chi connectivity index (χ3v) is 4.02. The SMILES string of the molecule is O=C1NCCCCC1NC(=O)C1CCCC1C(=O)O. The van der Waals surface area contributed by atoms with Gasteiger partial charge in [0.25, 0.3) is 0 Å². The zero-order chi connectivity index (χ0) is 13.8. The molecule has 2 amide bonds. The van der Waals surface area contributed by atoms with E-state index in [1.54, 1.807) is 0 Å². The lowest BCUT2D eigenvalue weighted by atomic mass is 9.95. The fourth-order valence-electron chi connectivity index (χ4n) is 2.93. The quantitative estimate of drug-likeness (QED) is 0.684. The van der Waals surface area contributed by atoms with Crippen LogP contribution in [0.4, 0.5) is 0 Å². The van der Waals surface area contributed by atoms with Gasteiger partial charge >= 0.3 is 5.97 Å². The molecule has 1 heterocycles. The molecule has 2 aliphatic rings. The van der Waals surface area contributed by atoms with E-state index < -0.39 is 23.8 Å². The van der Waals surface area contributed by atoms with Crippen LogP contribution in [0.3, 0.4) is 0 Å². The van der Waals surface area contributed by atoms with Crippen molar-refractivity contribution in [2.75, 3.05) is 6.54 Å². The van der Waals surface area contributed by atoms with E-state index in [0.29, 0.717) is 25.8 Å². The highest BCUT2D eigenvalue weighted by Crippen LogP contribution is 2.32. The second-order valence-electron chi connectivity index (χ2n) is 5.33. The maximum absolute atomic E-state index is 12.1. The summed E-state index contributed by atoms with van der Waals surface area (Å²) in [7, 11) is 0. The lowest BCUT2D eigenvalue weighted by Crippen LogP contribution is -2.48.